The van der Waals surface area contributed by atoms with Crippen LogP contribution in [-0.2, 0) is 0 Å². The monoisotopic (exact) mass is 184 g/mol. The molecular weight excluding hydrogens is 164 g/mol. The lowest BCUT2D eigenvalue weighted by atomic mass is 9.78. The van der Waals surface area contributed by atoms with Crippen molar-refractivity contribution >= 4 is 0 Å². The number of rotatable bonds is 7. The van der Waals surface area contributed by atoms with E-state index >= 15 is 0 Å². The lowest BCUT2D eigenvalue weighted by Gasteiger charge is -2.25. The van der Waals surface area contributed by atoms with Gasteiger partial charge in [-0.2, -0.15) is 5.26 Å². The molecule has 0 aliphatic heterocycles. The minimum absolute atomic E-state index is 0.330. The Labute approximate surface area is 80.1 Å². The van der Waals surface area contributed by atoms with Gasteiger partial charge in [0.15, 0.2) is 0 Å². The highest BCUT2D eigenvalue weighted by atomic mass is 14.6. The third-order valence-corrected chi connectivity index (χ3v) is 2.34. The largest absolute Gasteiger partial charge is 0.330 e. The summed E-state index contributed by atoms with van der Waals surface area (Å²) in [5, 5.41) is 9.06. The zero-order valence-corrected chi connectivity index (χ0v) is 8.13. The maximum atomic E-state index is 9.06. The molecule has 6 N–H and O–H groups in total. The van der Waals surface area contributed by atoms with Crippen molar-refractivity contribution < 1.29 is 0 Å². The molecular formula is C9H20N4. The second kappa shape index (κ2) is 6.84. The zero-order chi connectivity index (χ0) is 10.2. The van der Waals surface area contributed by atoms with Crippen LogP contribution in [0.5, 0.6) is 0 Å². The first-order valence-electron chi connectivity index (χ1n) is 4.76. The summed E-state index contributed by atoms with van der Waals surface area (Å²) in [6.07, 6.45) is 3.13. The Morgan fingerprint density at radius 3 is 1.77 bits per heavy atom. The molecule has 0 saturated carbocycles. The fraction of sp³-hybridized carbons (Fsp3) is 0.889. The van der Waals surface area contributed by atoms with E-state index in [0.29, 0.717) is 19.6 Å². The minimum Gasteiger partial charge on any atom is -0.330 e. The molecule has 0 bridgehead atoms. The van der Waals surface area contributed by atoms with Crippen molar-refractivity contribution in [1.82, 2.24) is 0 Å². The molecule has 13 heavy (non-hydrogen) atoms. The maximum absolute atomic E-state index is 9.06. The molecule has 0 aromatic rings. The van der Waals surface area contributed by atoms with Gasteiger partial charge in [-0.15, -0.1) is 0 Å². The highest BCUT2D eigenvalue weighted by Crippen LogP contribution is 2.30. The predicted octanol–water partition coefficient (Wildman–Crippen LogP) is -0.0671. The van der Waals surface area contributed by atoms with Crippen LogP contribution in [0.3, 0.4) is 0 Å². The summed E-state index contributed by atoms with van der Waals surface area (Å²) in [6, 6.07) is 2.34. The summed E-state index contributed by atoms with van der Waals surface area (Å²) >= 11 is 0. The molecule has 0 radical (unpaired) electrons. The van der Waals surface area contributed by atoms with E-state index in [1.807, 2.05) is 0 Å². The molecule has 76 valence electrons. The van der Waals surface area contributed by atoms with Gasteiger partial charge in [-0.3, -0.25) is 0 Å². The Balaban J connectivity index is 4.18. The first-order valence-corrected chi connectivity index (χ1v) is 4.76. The molecule has 0 aromatic heterocycles. The van der Waals surface area contributed by atoms with Crippen molar-refractivity contribution in [2.75, 3.05) is 19.6 Å². The molecule has 0 unspecified atom stereocenters. The standard InChI is InChI=1S/C9H20N4/c10-5-1-2-9(8-13,3-6-11)4-7-12/h1-7,10-12H2. The van der Waals surface area contributed by atoms with Crippen LogP contribution in [0.1, 0.15) is 25.7 Å². The first-order chi connectivity index (χ1) is 6.24. The van der Waals surface area contributed by atoms with Gasteiger partial charge in [0.1, 0.15) is 0 Å². The summed E-state index contributed by atoms with van der Waals surface area (Å²) in [6.45, 7) is 1.70. The van der Waals surface area contributed by atoms with Crippen LogP contribution in [0.2, 0.25) is 0 Å². The molecule has 0 atom stereocenters. The van der Waals surface area contributed by atoms with Crippen molar-refractivity contribution in [1.29, 1.82) is 5.26 Å². The lowest BCUT2D eigenvalue weighted by Crippen LogP contribution is -2.26. The van der Waals surface area contributed by atoms with Crippen molar-refractivity contribution in [3.05, 3.63) is 0 Å². The number of hydrogen-bond donors (Lipinski definition) is 3. The normalized spacial score (nSPS) is 11.2. The zero-order valence-electron chi connectivity index (χ0n) is 8.13. The Hall–Kier alpha value is -0.630. The van der Waals surface area contributed by atoms with Crippen molar-refractivity contribution in [3.63, 3.8) is 0 Å². The van der Waals surface area contributed by atoms with Crippen LogP contribution in [0, 0.1) is 16.7 Å². The molecule has 0 heterocycles. The van der Waals surface area contributed by atoms with Gasteiger partial charge in [-0.1, -0.05) is 0 Å². The fourth-order valence-corrected chi connectivity index (χ4v) is 1.54. The molecule has 4 heteroatoms. The van der Waals surface area contributed by atoms with Crippen molar-refractivity contribution in [2.45, 2.75) is 25.7 Å². The number of hydrogen-bond acceptors (Lipinski definition) is 4. The SMILES string of the molecule is N#CC(CCN)(CCN)CCCN. The summed E-state index contributed by atoms with van der Waals surface area (Å²) in [5.74, 6) is 0. The van der Waals surface area contributed by atoms with E-state index in [2.05, 4.69) is 6.07 Å². The second-order valence-corrected chi connectivity index (χ2v) is 3.36. The lowest BCUT2D eigenvalue weighted by molar-refractivity contribution is 0.313. The Bertz CT molecular complexity index is 155. The number of nitrogens with two attached hydrogens (primary N) is 3. The Morgan fingerprint density at radius 1 is 0.923 bits per heavy atom. The first kappa shape index (κ1) is 12.4. The highest BCUT2D eigenvalue weighted by Gasteiger charge is 2.27. The minimum atomic E-state index is -0.330. The number of nitriles is 1. The summed E-state index contributed by atoms with van der Waals surface area (Å²) < 4.78 is 0. The van der Waals surface area contributed by atoms with Gasteiger partial charge in [0.05, 0.1) is 11.5 Å². The van der Waals surface area contributed by atoms with E-state index in [-0.39, 0.29) is 5.41 Å². The summed E-state index contributed by atoms with van der Waals surface area (Å²) in [7, 11) is 0. The molecule has 4 nitrogen and oxygen atoms in total. The van der Waals surface area contributed by atoms with Crippen molar-refractivity contribution in [3.8, 4) is 6.07 Å². The van der Waals surface area contributed by atoms with Crippen LogP contribution >= 0.6 is 0 Å². The average molecular weight is 184 g/mol. The van der Waals surface area contributed by atoms with Crippen LogP contribution in [0.4, 0.5) is 0 Å². The Morgan fingerprint density at radius 2 is 1.46 bits per heavy atom. The van der Waals surface area contributed by atoms with Gasteiger partial charge < -0.3 is 17.2 Å². The average Bonchev–Trinajstić information content (AvgIpc) is 2.15. The van der Waals surface area contributed by atoms with E-state index in [1.54, 1.807) is 0 Å². The van der Waals surface area contributed by atoms with E-state index < -0.39 is 0 Å². The van der Waals surface area contributed by atoms with Crippen LogP contribution in [0.15, 0.2) is 0 Å². The molecule has 0 aliphatic rings. The third-order valence-electron chi connectivity index (χ3n) is 2.34. The quantitative estimate of drug-likeness (QED) is 0.515. The van der Waals surface area contributed by atoms with E-state index in [0.717, 1.165) is 25.7 Å². The Kier molecular flexibility index (Phi) is 6.51. The molecule has 0 saturated heterocycles. The van der Waals surface area contributed by atoms with E-state index in [4.69, 9.17) is 22.5 Å². The fourth-order valence-electron chi connectivity index (χ4n) is 1.54. The van der Waals surface area contributed by atoms with Gasteiger partial charge in [0, 0.05) is 0 Å². The molecule has 0 spiro atoms. The molecule has 0 amide bonds. The second-order valence-electron chi connectivity index (χ2n) is 3.36. The van der Waals surface area contributed by atoms with Crippen molar-refractivity contribution in [2.24, 2.45) is 22.6 Å². The summed E-state index contributed by atoms with van der Waals surface area (Å²) in [4.78, 5) is 0. The maximum Gasteiger partial charge on any atom is 0.0690 e. The highest BCUT2D eigenvalue weighted by molar-refractivity contribution is 4.99. The van der Waals surface area contributed by atoms with Gasteiger partial charge in [-0.25, -0.2) is 0 Å². The van der Waals surface area contributed by atoms with Gasteiger partial charge in [0.25, 0.3) is 0 Å². The number of nitrogens with zero attached hydrogens (tertiary/aromatic N) is 1. The summed E-state index contributed by atoms with van der Waals surface area (Å²) in [5.41, 5.74) is 16.0. The topological polar surface area (TPSA) is 102 Å². The van der Waals surface area contributed by atoms with Gasteiger partial charge in [0.2, 0.25) is 0 Å². The molecule has 0 fully saturated rings. The predicted molar refractivity (Wildman–Crippen MR) is 53.7 cm³/mol. The van der Waals surface area contributed by atoms with Crippen LogP contribution in [0.25, 0.3) is 0 Å². The van der Waals surface area contributed by atoms with E-state index in [9.17, 15) is 0 Å². The third kappa shape index (κ3) is 4.23. The van der Waals surface area contributed by atoms with E-state index in [1.165, 1.54) is 0 Å². The van der Waals surface area contributed by atoms with Gasteiger partial charge in [-0.05, 0) is 45.3 Å². The molecule has 0 aromatic carbocycles. The van der Waals surface area contributed by atoms with Gasteiger partial charge >= 0.3 is 0 Å². The molecule has 0 rings (SSSR count). The molecule has 0 aliphatic carbocycles. The smallest absolute Gasteiger partial charge is 0.0690 e. The van der Waals surface area contributed by atoms with Crippen LogP contribution < -0.4 is 17.2 Å². The van der Waals surface area contributed by atoms with Crippen LogP contribution in [-0.4, -0.2) is 19.6 Å².